The molecule has 138 valence electrons. The Labute approximate surface area is 156 Å². The lowest BCUT2D eigenvalue weighted by molar-refractivity contribution is 0.325. The summed E-state index contributed by atoms with van der Waals surface area (Å²) in [6, 6.07) is 6.03. The second-order valence-corrected chi connectivity index (χ2v) is 6.09. The Kier molecular flexibility index (Phi) is 6.06. The minimum absolute atomic E-state index is 0.0331. The van der Waals surface area contributed by atoms with Crippen LogP contribution in [0.4, 0.5) is 10.3 Å². The van der Waals surface area contributed by atoms with Crippen molar-refractivity contribution in [1.29, 1.82) is 0 Å². The van der Waals surface area contributed by atoms with Gasteiger partial charge in [0.25, 0.3) is 0 Å². The summed E-state index contributed by atoms with van der Waals surface area (Å²) in [6.45, 7) is 3.81. The number of hydrogen-bond acceptors (Lipinski definition) is 5. The van der Waals surface area contributed by atoms with E-state index in [-0.39, 0.29) is 5.02 Å². The highest BCUT2D eigenvalue weighted by molar-refractivity contribution is 6.30. The molecule has 3 rings (SSSR count). The van der Waals surface area contributed by atoms with E-state index in [1.165, 1.54) is 18.2 Å². The van der Waals surface area contributed by atoms with Crippen molar-refractivity contribution in [1.82, 2.24) is 14.9 Å². The van der Waals surface area contributed by atoms with Crippen molar-refractivity contribution in [2.24, 2.45) is 10.7 Å². The number of nitrogens with zero attached hydrogens (tertiary/aromatic N) is 5. The number of guanidine groups is 1. The standard InChI is InChI=1S/C17H20ClFN6O/c18-14-12-13(2-3-15(14)19)26-11-6-21-16(20)24-7-9-25(10-8-24)17-22-4-1-5-23-17/h1-5,12H,6-11H2,(H2,20,21). The zero-order valence-corrected chi connectivity index (χ0v) is 14.9. The summed E-state index contributed by atoms with van der Waals surface area (Å²) >= 11 is 5.71. The van der Waals surface area contributed by atoms with Crippen molar-refractivity contribution >= 4 is 23.5 Å². The van der Waals surface area contributed by atoms with E-state index in [0.717, 1.165) is 32.1 Å². The maximum atomic E-state index is 13.1. The van der Waals surface area contributed by atoms with Crippen LogP contribution in [0.5, 0.6) is 5.75 Å². The molecule has 7 nitrogen and oxygen atoms in total. The molecule has 2 N–H and O–H groups in total. The molecule has 0 radical (unpaired) electrons. The number of anilines is 1. The zero-order chi connectivity index (χ0) is 18.4. The number of ether oxygens (including phenoxy) is 1. The van der Waals surface area contributed by atoms with Gasteiger partial charge in [0.1, 0.15) is 18.2 Å². The van der Waals surface area contributed by atoms with Crippen LogP contribution in [0.2, 0.25) is 5.02 Å². The lowest BCUT2D eigenvalue weighted by Gasteiger charge is -2.35. The van der Waals surface area contributed by atoms with Crippen LogP contribution >= 0.6 is 11.6 Å². The van der Waals surface area contributed by atoms with E-state index in [4.69, 9.17) is 22.1 Å². The molecule has 0 aliphatic carbocycles. The maximum Gasteiger partial charge on any atom is 0.225 e. The van der Waals surface area contributed by atoms with Crippen LogP contribution in [-0.2, 0) is 0 Å². The molecule has 0 saturated carbocycles. The van der Waals surface area contributed by atoms with Crippen LogP contribution in [0.3, 0.4) is 0 Å². The van der Waals surface area contributed by atoms with E-state index >= 15 is 0 Å². The van der Waals surface area contributed by atoms with Gasteiger partial charge in [-0.15, -0.1) is 0 Å². The van der Waals surface area contributed by atoms with Crippen LogP contribution in [0, 0.1) is 5.82 Å². The average Bonchev–Trinajstić information content (AvgIpc) is 2.68. The van der Waals surface area contributed by atoms with Gasteiger partial charge in [0.2, 0.25) is 5.95 Å². The molecular weight excluding hydrogens is 359 g/mol. The third-order valence-electron chi connectivity index (χ3n) is 3.96. The zero-order valence-electron chi connectivity index (χ0n) is 14.2. The molecule has 0 bridgehead atoms. The molecule has 1 aliphatic rings. The van der Waals surface area contributed by atoms with Gasteiger partial charge in [-0.05, 0) is 18.2 Å². The fourth-order valence-electron chi connectivity index (χ4n) is 2.58. The highest BCUT2D eigenvalue weighted by Crippen LogP contribution is 2.20. The van der Waals surface area contributed by atoms with Crippen molar-refractivity contribution in [3.05, 3.63) is 47.5 Å². The third kappa shape index (κ3) is 4.72. The highest BCUT2D eigenvalue weighted by Gasteiger charge is 2.19. The van der Waals surface area contributed by atoms with Gasteiger partial charge in [0, 0.05) is 44.6 Å². The Morgan fingerprint density at radius 1 is 1.23 bits per heavy atom. The van der Waals surface area contributed by atoms with Gasteiger partial charge >= 0.3 is 0 Å². The van der Waals surface area contributed by atoms with Crippen LogP contribution < -0.4 is 15.4 Å². The Bertz CT molecular complexity index is 752. The van der Waals surface area contributed by atoms with Crippen LogP contribution in [0.25, 0.3) is 0 Å². The molecule has 26 heavy (non-hydrogen) atoms. The number of nitrogens with two attached hydrogens (primary N) is 1. The predicted molar refractivity (Wildman–Crippen MR) is 99.2 cm³/mol. The van der Waals surface area contributed by atoms with E-state index < -0.39 is 5.82 Å². The number of hydrogen-bond donors (Lipinski definition) is 1. The Hall–Kier alpha value is -2.61. The minimum Gasteiger partial charge on any atom is -0.492 e. The van der Waals surface area contributed by atoms with Crippen molar-refractivity contribution in [2.75, 3.05) is 44.2 Å². The smallest absolute Gasteiger partial charge is 0.225 e. The number of rotatable bonds is 5. The maximum absolute atomic E-state index is 13.1. The largest absolute Gasteiger partial charge is 0.492 e. The normalized spacial score (nSPS) is 15.2. The molecule has 0 spiro atoms. The fourth-order valence-corrected chi connectivity index (χ4v) is 2.75. The first-order chi connectivity index (χ1) is 12.6. The molecule has 1 aromatic heterocycles. The SMILES string of the molecule is NC(=NCCOc1ccc(F)c(Cl)c1)N1CCN(c2ncccn2)CC1. The summed E-state index contributed by atoms with van der Waals surface area (Å²) in [7, 11) is 0. The Balaban J connectivity index is 1.43. The third-order valence-corrected chi connectivity index (χ3v) is 4.25. The van der Waals surface area contributed by atoms with Gasteiger partial charge in [-0.25, -0.2) is 19.4 Å². The van der Waals surface area contributed by atoms with Crippen molar-refractivity contribution in [3.63, 3.8) is 0 Å². The lowest BCUT2D eigenvalue weighted by atomic mass is 10.3. The molecule has 2 aromatic rings. The van der Waals surface area contributed by atoms with Gasteiger partial charge in [-0.2, -0.15) is 0 Å². The van der Waals surface area contributed by atoms with Gasteiger partial charge in [-0.1, -0.05) is 11.6 Å². The lowest BCUT2D eigenvalue weighted by Crippen LogP contribution is -2.51. The first kappa shape index (κ1) is 18.2. The Morgan fingerprint density at radius 2 is 1.96 bits per heavy atom. The van der Waals surface area contributed by atoms with Gasteiger partial charge in [-0.3, -0.25) is 0 Å². The quantitative estimate of drug-likeness (QED) is 0.485. The summed E-state index contributed by atoms with van der Waals surface area (Å²) in [5.74, 6) is 1.25. The molecule has 0 atom stereocenters. The number of benzene rings is 1. The second-order valence-electron chi connectivity index (χ2n) is 5.69. The first-order valence-electron chi connectivity index (χ1n) is 8.28. The monoisotopic (exact) mass is 378 g/mol. The Morgan fingerprint density at radius 3 is 2.65 bits per heavy atom. The topological polar surface area (TPSA) is 79.9 Å². The second kappa shape index (κ2) is 8.66. The van der Waals surface area contributed by atoms with Crippen LogP contribution in [0.15, 0.2) is 41.7 Å². The molecule has 2 heterocycles. The predicted octanol–water partition coefficient (Wildman–Crippen LogP) is 1.78. The van der Waals surface area contributed by atoms with Crippen LogP contribution in [-0.4, -0.2) is 60.2 Å². The van der Waals surface area contributed by atoms with E-state index in [2.05, 4.69) is 19.9 Å². The number of halogens is 2. The average molecular weight is 379 g/mol. The molecule has 1 saturated heterocycles. The van der Waals surface area contributed by atoms with Crippen molar-refractivity contribution in [2.45, 2.75) is 0 Å². The number of aliphatic imine (C=N–C) groups is 1. The molecule has 1 fully saturated rings. The fraction of sp³-hybridized carbons (Fsp3) is 0.353. The summed E-state index contributed by atoms with van der Waals surface area (Å²) in [5.41, 5.74) is 6.06. The van der Waals surface area contributed by atoms with Gasteiger partial charge < -0.3 is 20.3 Å². The first-order valence-corrected chi connectivity index (χ1v) is 8.66. The minimum atomic E-state index is -0.471. The number of piperazine rings is 1. The molecule has 9 heteroatoms. The summed E-state index contributed by atoms with van der Waals surface area (Å²) < 4.78 is 18.6. The molecule has 0 amide bonds. The van der Waals surface area contributed by atoms with Crippen molar-refractivity contribution in [3.8, 4) is 5.75 Å². The van der Waals surface area contributed by atoms with Gasteiger partial charge in [0.05, 0.1) is 11.6 Å². The summed E-state index contributed by atoms with van der Waals surface area (Å²) in [6.07, 6.45) is 3.47. The number of aromatic nitrogens is 2. The molecule has 0 unspecified atom stereocenters. The van der Waals surface area contributed by atoms with E-state index in [0.29, 0.717) is 24.9 Å². The highest BCUT2D eigenvalue weighted by atomic mass is 35.5. The van der Waals surface area contributed by atoms with Crippen LogP contribution in [0.1, 0.15) is 0 Å². The van der Waals surface area contributed by atoms with E-state index in [1.54, 1.807) is 18.5 Å². The molecule has 1 aliphatic heterocycles. The van der Waals surface area contributed by atoms with E-state index in [1.807, 2.05) is 4.90 Å². The summed E-state index contributed by atoms with van der Waals surface area (Å²) in [4.78, 5) is 17.0. The van der Waals surface area contributed by atoms with Crippen molar-refractivity contribution < 1.29 is 9.13 Å². The van der Waals surface area contributed by atoms with Gasteiger partial charge in [0.15, 0.2) is 5.96 Å². The molecular formula is C17H20ClFN6O. The van der Waals surface area contributed by atoms with E-state index in [9.17, 15) is 4.39 Å². The molecule has 1 aromatic carbocycles. The summed E-state index contributed by atoms with van der Waals surface area (Å²) in [5, 5.41) is 0.0331.